The Labute approximate surface area is 151 Å². The van der Waals surface area contributed by atoms with Crippen molar-refractivity contribution in [2.75, 3.05) is 0 Å². The topological polar surface area (TPSA) is 69.2 Å². The van der Waals surface area contributed by atoms with Gasteiger partial charge in [0.05, 0.1) is 29.0 Å². The molecule has 0 spiro atoms. The number of ketones is 1. The van der Waals surface area contributed by atoms with E-state index in [0.717, 1.165) is 22.9 Å². The quantitative estimate of drug-likeness (QED) is 0.674. The third-order valence-corrected chi connectivity index (χ3v) is 4.82. The van der Waals surface area contributed by atoms with Crippen LogP contribution in [0.25, 0.3) is 10.9 Å². The summed E-state index contributed by atoms with van der Waals surface area (Å²) in [5.41, 5.74) is 2.76. The van der Waals surface area contributed by atoms with Crippen molar-refractivity contribution in [3.8, 4) is 5.75 Å². The minimum Gasteiger partial charge on any atom is -0.486 e. The van der Waals surface area contributed by atoms with Crippen LogP contribution in [0.4, 0.5) is 0 Å². The second kappa shape index (κ2) is 6.67. The highest BCUT2D eigenvalue weighted by molar-refractivity contribution is 6.00. The Morgan fingerprint density at radius 3 is 2.92 bits per heavy atom. The van der Waals surface area contributed by atoms with E-state index in [2.05, 4.69) is 9.97 Å². The van der Waals surface area contributed by atoms with Crippen LogP contribution < -0.4 is 4.74 Å². The highest BCUT2D eigenvalue weighted by Gasteiger charge is 2.32. The number of para-hydroxylation sites is 1. The first-order valence-corrected chi connectivity index (χ1v) is 8.61. The van der Waals surface area contributed by atoms with Gasteiger partial charge in [0.25, 0.3) is 0 Å². The first kappa shape index (κ1) is 16.4. The van der Waals surface area contributed by atoms with Crippen molar-refractivity contribution in [3.05, 3.63) is 65.6 Å². The summed E-state index contributed by atoms with van der Waals surface area (Å²) in [6.07, 6.45) is 2.80. The van der Waals surface area contributed by atoms with Crippen LogP contribution in [0.3, 0.4) is 0 Å². The normalized spacial score (nSPS) is 19.2. The minimum absolute atomic E-state index is 0.00683. The molecular weight excluding hydrogens is 328 g/mol. The number of fused-ring (bicyclic) bond motifs is 2. The van der Waals surface area contributed by atoms with Gasteiger partial charge in [-0.15, -0.1) is 0 Å². The summed E-state index contributed by atoms with van der Waals surface area (Å²) in [6.45, 7) is 2.18. The molecule has 2 aromatic heterocycles. The maximum Gasteiger partial charge on any atom is 0.165 e. The summed E-state index contributed by atoms with van der Waals surface area (Å²) >= 11 is 0. The van der Waals surface area contributed by atoms with Crippen LogP contribution in [-0.2, 0) is 11.4 Å². The molecule has 0 amide bonds. The van der Waals surface area contributed by atoms with Gasteiger partial charge in [-0.2, -0.15) is 0 Å². The number of aromatic nitrogens is 2. The predicted molar refractivity (Wildman–Crippen MR) is 97.2 cm³/mol. The molecule has 0 radical (unpaired) electrons. The maximum atomic E-state index is 12.3. The van der Waals surface area contributed by atoms with Gasteiger partial charge in [0.15, 0.2) is 5.78 Å². The number of carbonyl (C=O) groups excluding carboxylic acids is 2. The van der Waals surface area contributed by atoms with E-state index >= 15 is 0 Å². The zero-order chi connectivity index (χ0) is 18.1. The summed E-state index contributed by atoms with van der Waals surface area (Å²) < 4.78 is 5.79. The van der Waals surface area contributed by atoms with Gasteiger partial charge in [0.2, 0.25) is 0 Å². The smallest absolute Gasteiger partial charge is 0.165 e. The summed E-state index contributed by atoms with van der Waals surface area (Å²) in [6, 6.07) is 13.5. The highest BCUT2D eigenvalue weighted by Crippen LogP contribution is 2.34. The standard InChI is InChI=1S/C21H18N2O3/c1-13-8-20(25)17-9-16(10-22-21(17)18(13)11-24)26-12-15-7-6-14-4-2-3-5-19(14)23-15/h2-7,9-11,13,18H,8,12H2,1H3. The van der Waals surface area contributed by atoms with E-state index in [0.29, 0.717) is 23.4 Å². The van der Waals surface area contributed by atoms with Crippen molar-refractivity contribution in [3.63, 3.8) is 0 Å². The number of benzene rings is 1. The third kappa shape index (κ3) is 2.96. The van der Waals surface area contributed by atoms with Crippen molar-refractivity contribution in [2.24, 2.45) is 5.92 Å². The van der Waals surface area contributed by atoms with Crippen molar-refractivity contribution in [1.82, 2.24) is 9.97 Å². The Bertz CT molecular complexity index is 999. The van der Waals surface area contributed by atoms with Gasteiger partial charge in [-0.3, -0.25) is 9.78 Å². The van der Waals surface area contributed by atoms with Gasteiger partial charge < -0.3 is 9.53 Å². The van der Waals surface area contributed by atoms with Gasteiger partial charge in [-0.05, 0) is 24.1 Å². The maximum absolute atomic E-state index is 12.3. The number of Topliss-reactive ketones (excluding diaryl/α,β-unsaturated/α-hetero) is 1. The van der Waals surface area contributed by atoms with Gasteiger partial charge >= 0.3 is 0 Å². The Balaban J connectivity index is 1.56. The second-order valence-corrected chi connectivity index (χ2v) is 6.65. The highest BCUT2D eigenvalue weighted by atomic mass is 16.5. The molecule has 1 aliphatic rings. The van der Waals surface area contributed by atoms with Crippen molar-refractivity contribution < 1.29 is 14.3 Å². The Morgan fingerprint density at radius 1 is 1.23 bits per heavy atom. The lowest BCUT2D eigenvalue weighted by Gasteiger charge is -2.25. The molecule has 4 rings (SSSR count). The molecule has 2 heterocycles. The number of pyridine rings is 2. The molecule has 0 saturated carbocycles. The molecule has 2 unspecified atom stereocenters. The van der Waals surface area contributed by atoms with E-state index < -0.39 is 0 Å². The van der Waals surface area contributed by atoms with Gasteiger partial charge in [0, 0.05) is 17.4 Å². The number of carbonyl (C=O) groups is 2. The average molecular weight is 346 g/mol. The molecule has 0 N–H and O–H groups in total. The number of aldehydes is 1. The molecule has 0 aliphatic heterocycles. The first-order chi connectivity index (χ1) is 12.7. The molecule has 2 atom stereocenters. The SMILES string of the molecule is CC1CC(=O)c2cc(OCc3ccc4ccccc4n3)cnc2C1C=O. The van der Waals surface area contributed by atoms with Crippen LogP contribution in [0.2, 0.25) is 0 Å². The second-order valence-electron chi connectivity index (χ2n) is 6.65. The predicted octanol–water partition coefficient (Wildman–Crippen LogP) is 3.71. The van der Waals surface area contributed by atoms with Gasteiger partial charge in [-0.25, -0.2) is 4.98 Å². The lowest BCUT2D eigenvalue weighted by atomic mass is 9.79. The molecular formula is C21H18N2O3. The summed E-state index contributed by atoms with van der Waals surface area (Å²) in [4.78, 5) is 32.6. The summed E-state index contributed by atoms with van der Waals surface area (Å²) in [5, 5.41) is 1.08. The van der Waals surface area contributed by atoms with Crippen LogP contribution in [0.5, 0.6) is 5.75 Å². The number of nitrogens with zero attached hydrogens (tertiary/aromatic N) is 2. The fourth-order valence-electron chi connectivity index (χ4n) is 3.37. The van der Waals surface area contributed by atoms with E-state index in [4.69, 9.17) is 4.74 Å². The lowest BCUT2D eigenvalue weighted by Crippen LogP contribution is -2.25. The van der Waals surface area contributed by atoms with Crippen LogP contribution in [0.15, 0.2) is 48.7 Å². The first-order valence-electron chi connectivity index (χ1n) is 8.61. The van der Waals surface area contributed by atoms with Crippen LogP contribution >= 0.6 is 0 Å². The molecule has 26 heavy (non-hydrogen) atoms. The average Bonchev–Trinajstić information content (AvgIpc) is 2.66. The zero-order valence-corrected chi connectivity index (χ0v) is 14.4. The van der Waals surface area contributed by atoms with Crippen molar-refractivity contribution in [2.45, 2.75) is 25.9 Å². The number of hydrogen-bond acceptors (Lipinski definition) is 5. The van der Waals surface area contributed by atoms with Crippen LogP contribution in [0.1, 0.15) is 41.0 Å². The number of rotatable bonds is 4. The minimum atomic E-state index is -0.334. The van der Waals surface area contributed by atoms with Crippen LogP contribution in [0, 0.1) is 5.92 Å². The molecule has 0 bridgehead atoms. The fraction of sp³-hybridized carbons (Fsp3) is 0.238. The van der Waals surface area contributed by atoms with Crippen molar-refractivity contribution >= 4 is 23.0 Å². The molecule has 5 nitrogen and oxygen atoms in total. The molecule has 0 saturated heterocycles. The van der Waals surface area contributed by atoms with E-state index in [9.17, 15) is 9.59 Å². The van der Waals surface area contributed by atoms with Crippen LogP contribution in [-0.4, -0.2) is 22.0 Å². The molecule has 5 heteroatoms. The van der Waals surface area contributed by atoms with E-state index in [1.807, 2.05) is 43.3 Å². The molecule has 3 aromatic rings. The molecule has 1 aromatic carbocycles. The molecule has 0 fully saturated rings. The Kier molecular flexibility index (Phi) is 4.21. The Hall–Kier alpha value is -3.08. The van der Waals surface area contributed by atoms with E-state index in [-0.39, 0.29) is 24.2 Å². The zero-order valence-electron chi connectivity index (χ0n) is 14.4. The fourth-order valence-corrected chi connectivity index (χ4v) is 3.37. The van der Waals surface area contributed by atoms with Gasteiger partial charge in [-0.1, -0.05) is 31.2 Å². The monoisotopic (exact) mass is 346 g/mol. The number of hydrogen-bond donors (Lipinski definition) is 0. The van der Waals surface area contributed by atoms with Gasteiger partial charge in [0.1, 0.15) is 18.6 Å². The largest absolute Gasteiger partial charge is 0.486 e. The lowest BCUT2D eigenvalue weighted by molar-refractivity contribution is -0.110. The summed E-state index contributed by atoms with van der Waals surface area (Å²) in [5.74, 6) is 0.158. The van der Waals surface area contributed by atoms with E-state index in [1.165, 1.54) is 0 Å². The van der Waals surface area contributed by atoms with E-state index in [1.54, 1.807) is 12.3 Å². The molecule has 130 valence electrons. The number of ether oxygens (including phenoxy) is 1. The summed E-state index contributed by atoms with van der Waals surface area (Å²) in [7, 11) is 0. The van der Waals surface area contributed by atoms with Crippen molar-refractivity contribution in [1.29, 1.82) is 0 Å². The third-order valence-electron chi connectivity index (χ3n) is 4.82. The molecule has 1 aliphatic carbocycles. The Morgan fingerprint density at radius 2 is 2.08 bits per heavy atom.